The first-order valence-corrected chi connectivity index (χ1v) is 7.23. The van der Waals surface area contributed by atoms with Crippen molar-refractivity contribution in [1.82, 2.24) is 10.3 Å². The number of nitrogens with zero attached hydrogens (tertiary/aromatic N) is 1. The van der Waals surface area contributed by atoms with Gasteiger partial charge in [0.2, 0.25) is 0 Å². The fraction of sp³-hybridized carbons (Fsp3) is 0.400. The molecule has 2 N–H and O–H groups in total. The second-order valence-electron chi connectivity index (χ2n) is 5.03. The standard InChI is InChI=1S/C15H18ClN3/c16-13-6-3-4-11-7-9-18-15(14(11)13)19-10-12-5-1-2-8-17-12/h3-4,6-7,9,12,17H,1-2,5,8,10H2,(H,18,19). The lowest BCUT2D eigenvalue weighted by Gasteiger charge is -2.24. The van der Waals surface area contributed by atoms with Crippen molar-refractivity contribution in [2.75, 3.05) is 18.4 Å². The van der Waals surface area contributed by atoms with Gasteiger partial charge in [-0.25, -0.2) is 4.98 Å². The van der Waals surface area contributed by atoms with E-state index in [2.05, 4.69) is 21.7 Å². The van der Waals surface area contributed by atoms with Crippen molar-refractivity contribution in [3.8, 4) is 0 Å². The molecule has 1 aromatic heterocycles. The predicted octanol–water partition coefficient (Wildman–Crippen LogP) is 3.44. The van der Waals surface area contributed by atoms with Gasteiger partial charge in [-0.05, 0) is 36.9 Å². The van der Waals surface area contributed by atoms with E-state index in [4.69, 9.17) is 11.6 Å². The lowest BCUT2D eigenvalue weighted by Crippen LogP contribution is -2.39. The van der Waals surface area contributed by atoms with Crippen LogP contribution in [0.4, 0.5) is 5.82 Å². The van der Waals surface area contributed by atoms with Gasteiger partial charge in [0.05, 0.1) is 5.02 Å². The summed E-state index contributed by atoms with van der Waals surface area (Å²) in [7, 11) is 0. The van der Waals surface area contributed by atoms with Crippen LogP contribution in [0, 0.1) is 0 Å². The monoisotopic (exact) mass is 275 g/mol. The van der Waals surface area contributed by atoms with Gasteiger partial charge in [-0.1, -0.05) is 30.2 Å². The predicted molar refractivity (Wildman–Crippen MR) is 80.9 cm³/mol. The number of pyridine rings is 1. The van der Waals surface area contributed by atoms with Gasteiger partial charge < -0.3 is 10.6 Å². The molecule has 100 valence electrons. The molecule has 2 aromatic rings. The Kier molecular flexibility index (Phi) is 3.85. The van der Waals surface area contributed by atoms with Crippen LogP contribution in [-0.2, 0) is 0 Å². The molecule has 0 bridgehead atoms. The second kappa shape index (κ2) is 5.76. The third-order valence-corrected chi connectivity index (χ3v) is 3.98. The topological polar surface area (TPSA) is 37.0 Å². The molecule has 19 heavy (non-hydrogen) atoms. The summed E-state index contributed by atoms with van der Waals surface area (Å²) >= 11 is 6.29. The van der Waals surface area contributed by atoms with Gasteiger partial charge in [-0.2, -0.15) is 0 Å². The molecule has 0 spiro atoms. The van der Waals surface area contributed by atoms with E-state index in [0.717, 1.165) is 34.7 Å². The summed E-state index contributed by atoms with van der Waals surface area (Å²) in [6, 6.07) is 8.47. The first-order valence-electron chi connectivity index (χ1n) is 6.85. The lowest BCUT2D eigenvalue weighted by molar-refractivity contribution is 0.414. The zero-order chi connectivity index (χ0) is 13.1. The van der Waals surface area contributed by atoms with E-state index in [-0.39, 0.29) is 0 Å². The summed E-state index contributed by atoms with van der Waals surface area (Å²) in [6.07, 6.45) is 5.65. The number of nitrogens with one attached hydrogen (secondary N) is 2. The Morgan fingerprint density at radius 1 is 1.32 bits per heavy atom. The van der Waals surface area contributed by atoms with Crippen LogP contribution in [0.5, 0.6) is 0 Å². The maximum atomic E-state index is 6.29. The fourth-order valence-electron chi connectivity index (χ4n) is 2.64. The molecule has 0 radical (unpaired) electrons. The average molecular weight is 276 g/mol. The molecule has 1 aliphatic rings. The normalized spacial score (nSPS) is 19.5. The molecule has 0 aliphatic carbocycles. The van der Waals surface area contributed by atoms with Crippen molar-refractivity contribution in [3.63, 3.8) is 0 Å². The molecule has 3 rings (SSSR count). The maximum absolute atomic E-state index is 6.29. The number of anilines is 1. The number of fused-ring (bicyclic) bond motifs is 1. The summed E-state index contributed by atoms with van der Waals surface area (Å²) in [5.74, 6) is 0.885. The summed E-state index contributed by atoms with van der Waals surface area (Å²) in [5, 5.41) is 9.87. The molecule has 1 saturated heterocycles. The number of hydrogen-bond donors (Lipinski definition) is 2. The van der Waals surface area contributed by atoms with E-state index in [1.165, 1.54) is 19.3 Å². The van der Waals surface area contributed by atoms with Crippen molar-refractivity contribution < 1.29 is 0 Å². The van der Waals surface area contributed by atoms with Gasteiger partial charge in [-0.3, -0.25) is 0 Å². The van der Waals surface area contributed by atoms with Gasteiger partial charge in [0, 0.05) is 24.2 Å². The van der Waals surface area contributed by atoms with Crippen LogP contribution in [0.2, 0.25) is 5.02 Å². The molecule has 4 heteroatoms. The Morgan fingerprint density at radius 2 is 2.26 bits per heavy atom. The number of piperidine rings is 1. The van der Waals surface area contributed by atoms with E-state index in [9.17, 15) is 0 Å². The summed E-state index contributed by atoms with van der Waals surface area (Å²) in [4.78, 5) is 4.43. The Balaban J connectivity index is 1.80. The van der Waals surface area contributed by atoms with E-state index in [1.54, 1.807) is 0 Å². The number of halogens is 1. The minimum absolute atomic E-state index is 0.535. The van der Waals surface area contributed by atoms with Gasteiger partial charge in [0.25, 0.3) is 0 Å². The van der Waals surface area contributed by atoms with Crippen molar-refractivity contribution in [1.29, 1.82) is 0 Å². The molecule has 3 nitrogen and oxygen atoms in total. The zero-order valence-electron chi connectivity index (χ0n) is 10.8. The summed E-state index contributed by atoms with van der Waals surface area (Å²) in [5.41, 5.74) is 0. The molecular formula is C15H18ClN3. The van der Waals surface area contributed by atoms with E-state index < -0.39 is 0 Å². The minimum atomic E-state index is 0.535. The van der Waals surface area contributed by atoms with E-state index >= 15 is 0 Å². The highest BCUT2D eigenvalue weighted by Crippen LogP contribution is 2.28. The maximum Gasteiger partial charge on any atom is 0.135 e. The van der Waals surface area contributed by atoms with Gasteiger partial charge in [0.1, 0.15) is 5.82 Å². The van der Waals surface area contributed by atoms with Crippen LogP contribution in [0.1, 0.15) is 19.3 Å². The fourth-order valence-corrected chi connectivity index (χ4v) is 2.91. The third-order valence-electron chi connectivity index (χ3n) is 3.67. The molecule has 2 heterocycles. The number of rotatable bonds is 3. The molecular weight excluding hydrogens is 258 g/mol. The lowest BCUT2D eigenvalue weighted by atomic mass is 10.1. The van der Waals surface area contributed by atoms with Crippen LogP contribution in [-0.4, -0.2) is 24.1 Å². The smallest absolute Gasteiger partial charge is 0.135 e. The van der Waals surface area contributed by atoms with Crippen LogP contribution >= 0.6 is 11.6 Å². The number of benzene rings is 1. The highest BCUT2D eigenvalue weighted by Gasteiger charge is 2.13. The SMILES string of the molecule is Clc1cccc2ccnc(NCC3CCCCN3)c12. The van der Waals surface area contributed by atoms with Gasteiger partial charge >= 0.3 is 0 Å². The third kappa shape index (κ3) is 2.82. The van der Waals surface area contributed by atoms with Crippen LogP contribution in [0.15, 0.2) is 30.5 Å². The van der Waals surface area contributed by atoms with Crippen molar-refractivity contribution in [2.24, 2.45) is 0 Å². The van der Waals surface area contributed by atoms with E-state index in [1.807, 2.05) is 24.4 Å². The molecule has 1 atom stereocenters. The summed E-state index contributed by atoms with van der Waals surface area (Å²) in [6.45, 7) is 2.02. The summed E-state index contributed by atoms with van der Waals surface area (Å²) < 4.78 is 0. The second-order valence-corrected chi connectivity index (χ2v) is 5.43. The molecule has 1 unspecified atom stereocenters. The van der Waals surface area contributed by atoms with Crippen LogP contribution in [0.25, 0.3) is 10.8 Å². The molecule has 1 fully saturated rings. The first kappa shape index (κ1) is 12.7. The Morgan fingerprint density at radius 3 is 3.11 bits per heavy atom. The van der Waals surface area contributed by atoms with Gasteiger partial charge in [-0.15, -0.1) is 0 Å². The highest BCUT2D eigenvalue weighted by molar-refractivity contribution is 6.36. The quantitative estimate of drug-likeness (QED) is 0.901. The largest absolute Gasteiger partial charge is 0.368 e. The molecule has 1 aliphatic heterocycles. The number of hydrogen-bond acceptors (Lipinski definition) is 3. The van der Waals surface area contributed by atoms with Crippen LogP contribution in [0.3, 0.4) is 0 Å². The Bertz CT molecular complexity index is 559. The van der Waals surface area contributed by atoms with Crippen LogP contribution < -0.4 is 10.6 Å². The van der Waals surface area contributed by atoms with Crippen molar-refractivity contribution in [2.45, 2.75) is 25.3 Å². The first-order chi connectivity index (χ1) is 9.34. The molecule has 0 amide bonds. The van der Waals surface area contributed by atoms with Gasteiger partial charge in [0.15, 0.2) is 0 Å². The minimum Gasteiger partial charge on any atom is -0.368 e. The highest BCUT2D eigenvalue weighted by atomic mass is 35.5. The molecule has 0 saturated carbocycles. The zero-order valence-corrected chi connectivity index (χ0v) is 11.6. The number of aromatic nitrogens is 1. The molecule has 1 aromatic carbocycles. The Labute approximate surface area is 118 Å². The average Bonchev–Trinajstić information content (AvgIpc) is 2.46. The Hall–Kier alpha value is -1.32. The van der Waals surface area contributed by atoms with Crippen molar-refractivity contribution >= 4 is 28.2 Å². The van der Waals surface area contributed by atoms with E-state index in [0.29, 0.717) is 6.04 Å². The van der Waals surface area contributed by atoms with Crippen molar-refractivity contribution in [3.05, 3.63) is 35.5 Å².